The van der Waals surface area contributed by atoms with Gasteiger partial charge in [-0.15, -0.1) is 0 Å². The van der Waals surface area contributed by atoms with Gasteiger partial charge in [-0.05, 0) is 54.4 Å². The Bertz CT molecular complexity index is 1270. The van der Waals surface area contributed by atoms with E-state index < -0.39 is 7.92 Å². The lowest BCUT2D eigenvalue weighted by molar-refractivity contribution is 0.483. The highest BCUT2D eigenvalue weighted by molar-refractivity contribution is 7.80. The molecule has 3 heteroatoms. The normalized spacial score (nSPS) is 10.7. The molecule has 0 aromatic heterocycles. The molecule has 166 valence electrons. The summed E-state index contributed by atoms with van der Waals surface area (Å²) in [4.78, 5) is 0. The van der Waals surface area contributed by atoms with Gasteiger partial charge in [0.25, 0.3) is 0 Å². The van der Waals surface area contributed by atoms with Crippen molar-refractivity contribution in [1.29, 1.82) is 0 Å². The minimum atomic E-state index is -0.781. The smallest absolute Gasteiger partial charge is 0.128 e. The molecular formula is C31H26NOP. The predicted octanol–water partition coefficient (Wildman–Crippen LogP) is 6.85. The molecule has 0 radical (unpaired) electrons. The Balaban J connectivity index is 1.58. The summed E-state index contributed by atoms with van der Waals surface area (Å²) < 4.78 is 6.24. The second-order valence-corrected chi connectivity index (χ2v) is 10.1. The number of nitrogens with one attached hydrogen (secondary N) is 1. The lowest BCUT2D eigenvalue weighted by Crippen LogP contribution is -2.23. The van der Waals surface area contributed by atoms with Crippen molar-refractivity contribution in [2.75, 3.05) is 5.32 Å². The van der Waals surface area contributed by atoms with Crippen LogP contribution in [0, 0.1) is 0 Å². The number of hydrogen-bond acceptors (Lipinski definition) is 2. The Hall–Kier alpha value is -3.87. The van der Waals surface area contributed by atoms with Crippen LogP contribution >= 0.6 is 7.92 Å². The van der Waals surface area contributed by atoms with Crippen molar-refractivity contribution in [2.45, 2.75) is 6.54 Å². The maximum absolute atomic E-state index is 6.24. The summed E-state index contributed by atoms with van der Waals surface area (Å²) in [6, 6.07) is 48.4. The predicted molar refractivity (Wildman–Crippen MR) is 145 cm³/mol. The quantitative estimate of drug-likeness (QED) is 0.256. The highest BCUT2D eigenvalue weighted by Gasteiger charge is 2.20. The molecule has 0 atom stereocenters. The van der Waals surface area contributed by atoms with Gasteiger partial charge in [0.15, 0.2) is 0 Å². The minimum Gasteiger partial charge on any atom is -0.457 e. The molecule has 0 bridgehead atoms. The topological polar surface area (TPSA) is 21.3 Å². The summed E-state index contributed by atoms with van der Waals surface area (Å²) in [6.07, 6.45) is 0. The Morgan fingerprint density at radius 1 is 0.529 bits per heavy atom. The van der Waals surface area contributed by atoms with Crippen LogP contribution in [0.2, 0.25) is 0 Å². The zero-order chi connectivity index (χ0) is 23.0. The van der Waals surface area contributed by atoms with Crippen LogP contribution in [-0.2, 0) is 6.54 Å². The van der Waals surface area contributed by atoms with Gasteiger partial charge in [0, 0.05) is 17.5 Å². The third-order valence-corrected chi connectivity index (χ3v) is 8.02. The lowest BCUT2D eigenvalue weighted by atomic mass is 10.2. The van der Waals surface area contributed by atoms with Crippen molar-refractivity contribution < 1.29 is 4.74 Å². The molecule has 5 aromatic rings. The van der Waals surface area contributed by atoms with E-state index in [0.29, 0.717) is 0 Å². The van der Waals surface area contributed by atoms with Crippen LogP contribution in [0.5, 0.6) is 11.5 Å². The monoisotopic (exact) mass is 459 g/mol. The molecule has 0 unspecified atom stereocenters. The fourth-order valence-electron chi connectivity index (χ4n) is 3.91. The molecule has 0 amide bonds. The average Bonchev–Trinajstić information content (AvgIpc) is 2.91. The Morgan fingerprint density at radius 2 is 1.06 bits per heavy atom. The molecule has 1 N–H and O–H groups in total. The first-order valence-electron chi connectivity index (χ1n) is 11.4. The van der Waals surface area contributed by atoms with Crippen LogP contribution in [0.25, 0.3) is 0 Å². The first-order valence-corrected chi connectivity index (χ1v) is 12.8. The van der Waals surface area contributed by atoms with E-state index in [1.807, 2.05) is 36.4 Å². The molecule has 5 aromatic carbocycles. The van der Waals surface area contributed by atoms with E-state index in [1.54, 1.807) is 0 Å². The van der Waals surface area contributed by atoms with Gasteiger partial charge in [0.1, 0.15) is 11.5 Å². The largest absolute Gasteiger partial charge is 0.457 e. The maximum Gasteiger partial charge on any atom is 0.128 e. The SMILES string of the molecule is c1ccc(CNc2ccc(Oc3ccccc3)cc2P(c2ccccc2)c2ccccc2)cc1. The second-order valence-electron chi connectivity index (χ2n) is 7.94. The van der Waals surface area contributed by atoms with E-state index in [0.717, 1.165) is 23.7 Å². The zero-order valence-corrected chi connectivity index (χ0v) is 19.7. The van der Waals surface area contributed by atoms with Gasteiger partial charge >= 0.3 is 0 Å². The molecule has 0 aliphatic carbocycles. The maximum atomic E-state index is 6.24. The van der Waals surface area contributed by atoms with Gasteiger partial charge in [-0.2, -0.15) is 0 Å². The van der Waals surface area contributed by atoms with Crippen LogP contribution in [0.15, 0.2) is 140 Å². The van der Waals surface area contributed by atoms with Crippen molar-refractivity contribution in [3.05, 3.63) is 145 Å². The van der Waals surface area contributed by atoms with Crippen molar-refractivity contribution >= 4 is 29.5 Å². The van der Waals surface area contributed by atoms with Gasteiger partial charge in [0.2, 0.25) is 0 Å². The fraction of sp³-hybridized carbons (Fsp3) is 0.0323. The van der Waals surface area contributed by atoms with Gasteiger partial charge in [-0.1, -0.05) is 109 Å². The van der Waals surface area contributed by atoms with Crippen LogP contribution in [0.4, 0.5) is 5.69 Å². The lowest BCUT2D eigenvalue weighted by Gasteiger charge is -2.24. The van der Waals surface area contributed by atoms with Gasteiger partial charge in [0.05, 0.1) is 0 Å². The first kappa shape index (κ1) is 21.9. The number of anilines is 1. The summed E-state index contributed by atoms with van der Waals surface area (Å²) in [7, 11) is -0.781. The number of rotatable bonds is 8. The summed E-state index contributed by atoms with van der Waals surface area (Å²) in [5.74, 6) is 1.67. The average molecular weight is 460 g/mol. The van der Waals surface area contributed by atoms with E-state index in [1.165, 1.54) is 21.5 Å². The fourth-order valence-corrected chi connectivity index (χ4v) is 6.35. The zero-order valence-electron chi connectivity index (χ0n) is 18.8. The van der Waals surface area contributed by atoms with Gasteiger partial charge in [-0.25, -0.2) is 0 Å². The number of benzene rings is 5. The highest BCUT2D eigenvalue weighted by atomic mass is 31.1. The number of para-hydroxylation sites is 1. The van der Waals surface area contributed by atoms with E-state index in [-0.39, 0.29) is 0 Å². The molecule has 0 spiro atoms. The minimum absolute atomic E-state index is 0.763. The van der Waals surface area contributed by atoms with Crippen LogP contribution in [-0.4, -0.2) is 0 Å². The molecule has 0 saturated carbocycles. The van der Waals surface area contributed by atoms with Crippen LogP contribution in [0.1, 0.15) is 5.56 Å². The summed E-state index contributed by atoms with van der Waals surface area (Å²) in [5.41, 5.74) is 2.38. The van der Waals surface area contributed by atoms with Crippen molar-refractivity contribution in [3.8, 4) is 11.5 Å². The molecule has 0 heterocycles. The molecular weight excluding hydrogens is 433 g/mol. The molecule has 0 aliphatic heterocycles. The van der Waals surface area contributed by atoms with Crippen LogP contribution < -0.4 is 26.0 Å². The third-order valence-electron chi connectivity index (χ3n) is 5.54. The van der Waals surface area contributed by atoms with Crippen LogP contribution in [0.3, 0.4) is 0 Å². The van der Waals surface area contributed by atoms with E-state index in [9.17, 15) is 0 Å². The number of ether oxygens (including phenoxy) is 1. The number of hydrogen-bond donors (Lipinski definition) is 1. The Kier molecular flexibility index (Phi) is 6.99. The third kappa shape index (κ3) is 5.36. The van der Waals surface area contributed by atoms with Crippen molar-refractivity contribution in [1.82, 2.24) is 0 Å². The molecule has 0 fully saturated rings. The summed E-state index contributed by atoms with van der Waals surface area (Å²) in [6.45, 7) is 0.763. The molecule has 34 heavy (non-hydrogen) atoms. The highest BCUT2D eigenvalue weighted by Crippen LogP contribution is 2.38. The van der Waals surface area contributed by atoms with E-state index in [2.05, 4.69) is 108 Å². The molecule has 0 aliphatic rings. The summed E-state index contributed by atoms with van der Waals surface area (Å²) in [5, 5.41) is 7.57. The van der Waals surface area contributed by atoms with E-state index in [4.69, 9.17) is 4.74 Å². The Morgan fingerprint density at radius 3 is 1.65 bits per heavy atom. The van der Waals surface area contributed by atoms with Crippen molar-refractivity contribution in [2.24, 2.45) is 0 Å². The standard InChI is InChI=1S/C31H26NOP/c1-5-13-25(14-6-1)24-32-30-22-21-27(33-26-15-7-2-8-16-26)23-31(30)34(28-17-9-3-10-18-28)29-19-11-4-12-20-29/h1-23,32H,24H2. The Labute approximate surface area is 202 Å². The molecule has 0 saturated heterocycles. The first-order chi connectivity index (χ1) is 16.9. The summed E-state index contributed by atoms with van der Waals surface area (Å²) >= 11 is 0. The van der Waals surface area contributed by atoms with Crippen molar-refractivity contribution in [3.63, 3.8) is 0 Å². The second kappa shape index (κ2) is 10.8. The van der Waals surface area contributed by atoms with E-state index >= 15 is 0 Å². The van der Waals surface area contributed by atoms with Gasteiger partial charge in [-0.3, -0.25) is 0 Å². The molecule has 5 rings (SSSR count). The van der Waals surface area contributed by atoms with Gasteiger partial charge < -0.3 is 10.1 Å². The molecule has 2 nitrogen and oxygen atoms in total.